The molecule has 0 aromatic heterocycles. The molecule has 0 radical (unpaired) electrons. The summed E-state index contributed by atoms with van der Waals surface area (Å²) >= 11 is 0. The topological polar surface area (TPSA) is 107 Å². The first-order chi connectivity index (χ1) is 11.4. The first-order valence-electron chi connectivity index (χ1n) is 9.28. The van der Waals surface area contributed by atoms with Gasteiger partial charge in [0.05, 0.1) is 31.9 Å². The second-order valence-electron chi connectivity index (χ2n) is 6.64. The highest BCUT2D eigenvalue weighted by atomic mass is 16.9. The molecule has 0 fully saturated rings. The molecule has 2 N–H and O–H groups in total. The highest BCUT2D eigenvalue weighted by molar-refractivity contribution is 4.48. The van der Waals surface area contributed by atoms with Gasteiger partial charge in [0, 0.05) is 0 Å². The zero-order chi connectivity index (χ0) is 18.7. The van der Waals surface area contributed by atoms with Crippen LogP contribution in [-0.2, 0) is 0 Å². The fraction of sp³-hybridized carbons (Fsp3) is 1.00. The minimum Gasteiger partial charge on any atom is -0.391 e. The van der Waals surface area contributed by atoms with Gasteiger partial charge in [0.2, 0.25) is 0 Å². The van der Waals surface area contributed by atoms with Crippen molar-refractivity contribution in [2.45, 2.75) is 71.1 Å². The van der Waals surface area contributed by atoms with Crippen LogP contribution in [-0.4, -0.2) is 59.7 Å². The van der Waals surface area contributed by atoms with Crippen molar-refractivity contribution in [1.29, 1.82) is 0 Å². The molecule has 0 aliphatic rings. The molecule has 0 amide bonds. The number of aliphatic hydroxyl groups excluding tert-OH is 2. The Bertz CT molecular complexity index is 268. The van der Waals surface area contributed by atoms with E-state index in [0.717, 1.165) is 24.1 Å². The molecule has 0 atom stereocenters. The Hall–Kier alpha value is -0.920. The second-order valence-corrected chi connectivity index (χ2v) is 6.64. The SMILES string of the molecule is CCCCCCCCCCCC[N+](C)(CCO)CCO.O=[N+]([O-])[O-]. The number of aliphatic hydroxyl groups is 2. The van der Waals surface area contributed by atoms with Gasteiger partial charge in [-0.05, 0) is 12.8 Å². The van der Waals surface area contributed by atoms with Crippen molar-refractivity contribution in [2.24, 2.45) is 0 Å². The van der Waals surface area contributed by atoms with Crippen molar-refractivity contribution in [2.75, 3.05) is 39.9 Å². The van der Waals surface area contributed by atoms with E-state index in [0.29, 0.717) is 0 Å². The summed E-state index contributed by atoms with van der Waals surface area (Å²) in [5.41, 5.74) is 0. The zero-order valence-corrected chi connectivity index (χ0v) is 15.6. The average Bonchev–Trinajstić information content (AvgIpc) is 2.49. The van der Waals surface area contributed by atoms with E-state index in [4.69, 9.17) is 25.5 Å². The van der Waals surface area contributed by atoms with Crippen molar-refractivity contribution in [3.63, 3.8) is 0 Å². The van der Waals surface area contributed by atoms with Gasteiger partial charge in [-0.25, -0.2) is 0 Å². The van der Waals surface area contributed by atoms with E-state index in [1.165, 1.54) is 64.2 Å². The highest BCUT2D eigenvalue weighted by Gasteiger charge is 2.19. The summed E-state index contributed by atoms with van der Waals surface area (Å²) in [6.45, 7) is 5.30. The second kappa shape index (κ2) is 18.4. The molecule has 0 aromatic carbocycles. The van der Waals surface area contributed by atoms with Crippen LogP contribution in [0.4, 0.5) is 0 Å². The van der Waals surface area contributed by atoms with Gasteiger partial charge < -0.3 is 30.0 Å². The normalized spacial score (nSPS) is 11.0. The summed E-state index contributed by atoms with van der Waals surface area (Å²) in [6, 6.07) is 0. The van der Waals surface area contributed by atoms with Crippen molar-refractivity contribution >= 4 is 0 Å². The number of unbranched alkanes of at least 4 members (excludes halogenated alkanes) is 9. The van der Waals surface area contributed by atoms with Gasteiger partial charge in [-0.3, -0.25) is 0 Å². The number of rotatable bonds is 15. The van der Waals surface area contributed by atoms with Gasteiger partial charge in [0.25, 0.3) is 0 Å². The Kier molecular flexibility index (Phi) is 19.4. The van der Waals surface area contributed by atoms with E-state index in [9.17, 15) is 0 Å². The molecule has 0 rings (SSSR count). The molecular formula is C17H38N2O5. The van der Waals surface area contributed by atoms with Crippen molar-refractivity contribution < 1.29 is 19.8 Å². The van der Waals surface area contributed by atoms with Crippen LogP contribution in [0.3, 0.4) is 0 Å². The van der Waals surface area contributed by atoms with Crippen LogP contribution in [0.2, 0.25) is 0 Å². The monoisotopic (exact) mass is 350 g/mol. The average molecular weight is 351 g/mol. The van der Waals surface area contributed by atoms with Crippen LogP contribution >= 0.6 is 0 Å². The van der Waals surface area contributed by atoms with Crippen LogP contribution in [0.15, 0.2) is 0 Å². The van der Waals surface area contributed by atoms with Gasteiger partial charge in [0.15, 0.2) is 0 Å². The summed E-state index contributed by atoms with van der Waals surface area (Å²) < 4.78 is 0.810. The Balaban J connectivity index is 0. The summed E-state index contributed by atoms with van der Waals surface area (Å²) in [4.78, 5) is 8.25. The molecule has 0 bridgehead atoms. The van der Waals surface area contributed by atoms with Crippen LogP contribution in [0.1, 0.15) is 71.1 Å². The fourth-order valence-electron chi connectivity index (χ4n) is 2.80. The van der Waals surface area contributed by atoms with E-state index >= 15 is 0 Å². The molecule has 0 aliphatic carbocycles. The number of quaternary nitrogens is 1. The van der Waals surface area contributed by atoms with Crippen molar-refractivity contribution in [3.8, 4) is 0 Å². The van der Waals surface area contributed by atoms with Crippen LogP contribution < -0.4 is 0 Å². The molecule has 7 nitrogen and oxygen atoms in total. The van der Waals surface area contributed by atoms with E-state index in [1.54, 1.807) is 0 Å². The third kappa shape index (κ3) is 21.1. The predicted octanol–water partition coefficient (Wildman–Crippen LogP) is 3.10. The molecule has 0 saturated heterocycles. The maximum atomic E-state index is 9.09. The molecule has 0 unspecified atom stereocenters. The van der Waals surface area contributed by atoms with Crippen LogP contribution in [0, 0.1) is 15.3 Å². The standard InChI is InChI=1S/C17H38NO2.NO3/c1-3-4-5-6-7-8-9-10-11-12-13-18(2,14-16-19)15-17-20;2-1(3)4/h19-20H,3-17H2,1-2H3;/q+1;-1. The molecule has 24 heavy (non-hydrogen) atoms. The minimum atomic E-state index is -1.75. The third-order valence-electron chi connectivity index (χ3n) is 4.33. The summed E-state index contributed by atoms with van der Waals surface area (Å²) in [6.07, 6.45) is 13.6. The van der Waals surface area contributed by atoms with Crippen LogP contribution in [0.5, 0.6) is 0 Å². The lowest BCUT2D eigenvalue weighted by atomic mass is 10.1. The number of nitrogens with zero attached hydrogens (tertiary/aromatic N) is 2. The molecular weight excluding hydrogens is 312 g/mol. The molecule has 0 aromatic rings. The first-order valence-corrected chi connectivity index (χ1v) is 9.28. The zero-order valence-electron chi connectivity index (χ0n) is 15.6. The van der Waals surface area contributed by atoms with Crippen LogP contribution in [0.25, 0.3) is 0 Å². The first kappa shape index (κ1) is 25.3. The molecule has 0 spiro atoms. The maximum Gasteiger partial charge on any atom is 0.102 e. The van der Waals surface area contributed by atoms with E-state index in [1.807, 2.05) is 0 Å². The molecule has 0 heterocycles. The van der Waals surface area contributed by atoms with Gasteiger partial charge >= 0.3 is 0 Å². The Labute approximate surface area is 147 Å². The molecule has 0 saturated carbocycles. The Morgan fingerprint density at radius 1 is 0.750 bits per heavy atom. The third-order valence-corrected chi connectivity index (χ3v) is 4.33. The fourth-order valence-corrected chi connectivity index (χ4v) is 2.80. The lowest BCUT2D eigenvalue weighted by molar-refractivity contribution is -0.910. The number of hydrogen-bond donors (Lipinski definition) is 2. The van der Waals surface area contributed by atoms with Gasteiger partial charge in [-0.2, -0.15) is 0 Å². The van der Waals surface area contributed by atoms with Gasteiger partial charge in [-0.15, -0.1) is 0 Å². The minimum absolute atomic E-state index is 0.217. The molecule has 0 aliphatic heterocycles. The van der Waals surface area contributed by atoms with Crippen molar-refractivity contribution in [3.05, 3.63) is 15.3 Å². The number of likely N-dealkylation sites (N-methyl/N-ethyl adjacent to an activating group) is 1. The lowest BCUT2D eigenvalue weighted by Crippen LogP contribution is -2.48. The van der Waals surface area contributed by atoms with Gasteiger partial charge in [-0.1, -0.05) is 58.3 Å². The smallest absolute Gasteiger partial charge is 0.102 e. The van der Waals surface area contributed by atoms with E-state index in [-0.39, 0.29) is 13.2 Å². The summed E-state index contributed by atoms with van der Waals surface area (Å²) in [5.74, 6) is 0. The quantitative estimate of drug-likeness (QED) is 0.204. The Morgan fingerprint density at radius 3 is 1.42 bits per heavy atom. The lowest BCUT2D eigenvalue weighted by Gasteiger charge is -2.33. The van der Waals surface area contributed by atoms with E-state index < -0.39 is 5.09 Å². The van der Waals surface area contributed by atoms with Crippen molar-refractivity contribution in [1.82, 2.24) is 0 Å². The van der Waals surface area contributed by atoms with Gasteiger partial charge in [0.1, 0.15) is 13.1 Å². The molecule has 7 heteroatoms. The summed E-state index contributed by atoms with van der Waals surface area (Å²) in [7, 11) is 2.14. The predicted molar refractivity (Wildman–Crippen MR) is 97.2 cm³/mol. The largest absolute Gasteiger partial charge is 0.391 e. The maximum absolute atomic E-state index is 9.09. The summed E-state index contributed by atoms with van der Waals surface area (Å²) in [5, 5.41) is 32.9. The number of hydrogen-bond acceptors (Lipinski definition) is 5. The Morgan fingerprint density at radius 2 is 1.08 bits per heavy atom. The molecule has 146 valence electrons. The highest BCUT2D eigenvalue weighted by Crippen LogP contribution is 2.12. The van der Waals surface area contributed by atoms with E-state index in [2.05, 4.69) is 14.0 Å².